The summed E-state index contributed by atoms with van der Waals surface area (Å²) in [5.74, 6) is 1.80. The molecule has 0 bridgehead atoms. The van der Waals surface area contributed by atoms with Gasteiger partial charge in [0.15, 0.2) is 0 Å². The lowest BCUT2D eigenvalue weighted by Crippen LogP contribution is -2.47. The Bertz CT molecular complexity index is 694. The van der Waals surface area contributed by atoms with Crippen molar-refractivity contribution in [2.75, 3.05) is 54.0 Å². The van der Waals surface area contributed by atoms with Gasteiger partial charge in [0.2, 0.25) is 0 Å². The van der Waals surface area contributed by atoms with E-state index in [0.29, 0.717) is 5.69 Å². The Labute approximate surface area is 155 Å². The molecule has 0 radical (unpaired) electrons. The zero-order valence-corrected chi connectivity index (χ0v) is 15.7. The molecule has 1 aliphatic rings. The summed E-state index contributed by atoms with van der Waals surface area (Å²) in [5, 5.41) is 0. The van der Waals surface area contributed by atoms with Crippen molar-refractivity contribution in [3.05, 3.63) is 42.5 Å². The first-order chi connectivity index (χ1) is 12.7. The second-order valence-corrected chi connectivity index (χ2v) is 6.65. The van der Waals surface area contributed by atoms with E-state index in [1.807, 2.05) is 12.1 Å². The molecule has 26 heavy (non-hydrogen) atoms. The smallest absolute Gasteiger partial charge is 0.146 e. The number of aromatic nitrogens is 2. The second kappa shape index (κ2) is 8.83. The van der Waals surface area contributed by atoms with Crippen LogP contribution in [0.5, 0.6) is 0 Å². The highest BCUT2D eigenvalue weighted by Crippen LogP contribution is 2.23. The van der Waals surface area contributed by atoms with Gasteiger partial charge in [0.05, 0.1) is 5.69 Å². The highest BCUT2D eigenvalue weighted by atomic mass is 19.1. The van der Waals surface area contributed by atoms with Crippen LogP contribution in [-0.4, -0.2) is 49.2 Å². The molecule has 2 aromatic rings. The van der Waals surface area contributed by atoms with Crippen LogP contribution >= 0.6 is 0 Å². The quantitative estimate of drug-likeness (QED) is 0.757. The number of hydrogen-bond donors (Lipinski definition) is 0. The van der Waals surface area contributed by atoms with Gasteiger partial charge in [-0.05, 0) is 25.0 Å². The van der Waals surface area contributed by atoms with Crippen LogP contribution in [0.15, 0.2) is 36.7 Å². The van der Waals surface area contributed by atoms with Crippen LogP contribution in [-0.2, 0) is 0 Å². The summed E-state index contributed by atoms with van der Waals surface area (Å²) in [5.41, 5.74) is 0.688. The molecule has 0 spiro atoms. The predicted molar refractivity (Wildman–Crippen MR) is 106 cm³/mol. The minimum absolute atomic E-state index is 0.153. The first-order valence-electron chi connectivity index (χ1n) is 9.54. The normalized spacial score (nSPS) is 14.6. The first-order valence-corrected chi connectivity index (χ1v) is 9.54. The Kier molecular flexibility index (Phi) is 6.26. The number of piperazine rings is 1. The van der Waals surface area contributed by atoms with Crippen LogP contribution in [0.2, 0.25) is 0 Å². The minimum atomic E-state index is -0.153. The van der Waals surface area contributed by atoms with Gasteiger partial charge in [0, 0.05) is 45.3 Å². The zero-order chi connectivity index (χ0) is 18.4. The van der Waals surface area contributed by atoms with Gasteiger partial charge in [0.1, 0.15) is 23.8 Å². The van der Waals surface area contributed by atoms with E-state index in [1.54, 1.807) is 12.4 Å². The van der Waals surface area contributed by atoms with Crippen LogP contribution in [0, 0.1) is 5.82 Å². The number of hydrogen-bond acceptors (Lipinski definition) is 5. The van der Waals surface area contributed by atoms with Crippen molar-refractivity contribution in [2.45, 2.75) is 26.7 Å². The van der Waals surface area contributed by atoms with Gasteiger partial charge in [-0.3, -0.25) is 0 Å². The SMILES string of the molecule is CCCN(CCC)c1cc(N2CCN(c3ccccc3F)CC2)ncn1. The Balaban J connectivity index is 1.68. The molecule has 2 heterocycles. The molecule has 1 aromatic carbocycles. The third-order valence-electron chi connectivity index (χ3n) is 4.75. The molecule has 5 nitrogen and oxygen atoms in total. The number of para-hydroxylation sites is 1. The molecule has 140 valence electrons. The molecule has 0 N–H and O–H groups in total. The maximum atomic E-state index is 14.0. The second-order valence-electron chi connectivity index (χ2n) is 6.65. The molecule has 0 amide bonds. The molecule has 0 atom stereocenters. The van der Waals surface area contributed by atoms with Gasteiger partial charge < -0.3 is 14.7 Å². The molecule has 1 aliphatic heterocycles. The van der Waals surface area contributed by atoms with Crippen LogP contribution in [0.25, 0.3) is 0 Å². The Morgan fingerprint density at radius 1 is 0.962 bits per heavy atom. The maximum absolute atomic E-state index is 14.0. The Morgan fingerprint density at radius 3 is 2.27 bits per heavy atom. The standard InChI is InChI=1S/C20H28FN5/c1-3-9-25(10-4-2)19-15-20(23-16-22-19)26-13-11-24(12-14-26)18-8-6-5-7-17(18)21/h5-8,15-16H,3-4,9-14H2,1-2H3. The number of rotatable bonds is 7. The number of anilines is 3. The topological polar surface area (TPSA) is 35.5 Å². The first kappa shape index (κ1) is 18.4. The number of benzene rings is 1. The Morgan fingerprint density at radius 2 is 1.62 bits per heavy atom. The summed E-state index contributed by atoms with van der Waals surface area (Å²) in [6.45, 7) is 9.61. The van der Waals surface area contributed by atoms with Crippen molar-refractivity contribution in [2.24, 2.45) is 0 Å². The Hall–Kier alpha value is -2.37. The fraction of sp³-hybridized carbons (Fsp3) is 0.500. The van der Waals surface area contributed by atoms with Crippen LogP contribution < -0.4 is 14.7 Å². The molecule has 1 saturated heterocycles. The molecule has 1 fully saturated rings. The van der Waals surface area contributed by atoms with Gasteiger partial charge in [-0.2, -0.15) is 0 Å². The predicted octanol–water partition coefficient (Wildman–Crippen LogP) is 3.57. The van der Waals surface area contributed by atoms with Gasteiger partial charge >= 0.3 is 0 Å². The summed E-state index contributed by atoms with van der Waals surface area (Å²) >= 11 is 0. The molecular formula is C20H28FN5. The van der Waals surface area contributed by atoms with E-state index in [-0.39, 0.29) is 5.82 Å². The fourth-order valence-corrected chi connectivity index (χ4v) is 3.45. The van der Waals surface area contributed by atoms with Gasteiger partial charge in [0.25, 0.3) is 0 Å². The van der Waals surface area contributed by atoms with Crippen molar-refractivity contribution >= 4 is 17.3 Å². The average Bonchev–Trinajstić information content (AvgIpc) is 2.68. The molecule has 1 aromatic heterocycles. The number of nitrogens with zero attached hydrogens (tertiary/aromatic N) is 5. The van der Waals surface area contributed by atoms with E-state index in [2.05, 4.69) is 44.6 Å². The lowest BCUT2D eigenvalue weighted by molar-refractivity contribution is 0.596. The van der Waals surface area contributed by atoms with E-state index in [1.165, 1.54) is 6.07 Å². The van der Waals surface area contributed by atoms with Crippen molar-refractivity contribution in [1.82, 2.24) is 9.97 Å². The van der Waals surface area contributed by atoms with Crippen molar-refractivity contribution in [3.8, 4) is 0 Å². The highest BCUT2D eigenvalue weighted by Gasteiger charge is 2.21. The molecule has 6 heteroatoms. The summed E-state index contributed by atoms with van der Waals surface area (Å²) in [4.78, 5) is 15.6. The van der Waals surface area contributed by atoms with Gasteiger partial charge in [-0.15, -0.1) is 0 Å². The lowest BCUT2D eigenvalue weighted by atomic mass is 10.2. The van der Waals surface area contributed by atoms with Crippen molar-refractivity contribution in [1.29, 1.82) is 0 Å². The molecule has 3 rings (SSSR count). The number of halogens is 1. The lowest BCUT2D eigenvalue weighted by Gasteiger charge is -2.37. The van der Waals surface area contributed by atoms with Gasteiger partial charge in [-0.25, -0.2) is 14.4 Å². The third-order valence-corrected chi connectivity index (χ3v) is 4.75. The highest BCUT2D eigenvalue weighted by molar-refractivity contribution is 5.53. The summed E-state index contributed by atoms with van der Waals surface area (Å²) in [6, 6.07) is 9.08. The molecule has 0 saturated carbocycles. The summed E-state index contributed by atoms with van der Waals surface area (Å²) in [6.07, 6.45) is 3.85. The van der Waals surface area contributed by atoms with E-state index in [0.717, 1.165) is 63.7 Å². The van der Waals surface area contributed by atoms with Crippen molar-refractivity contribution < 1.29 is 4.39 Å². The van der Waals surface area contributed by atoms with Crippen LogP contribution in [0.1, 0.15) is 26.7 Å². The summed E-state index contributed by atoms with van der Waals surface area (Å²) < 4.78 is 14.0. The van der Waals surface area contributed by atoms with E-state index in [9.17, 15) is 4.39 Å². The van der Waals surface area contributed by atoms with E-state index in [4.69, 9.17) is 0 Å². The average molecular weight is 357 g/mol. The molecular weight excluding hydrogens is 329 g/mol. The van der Waals surface area contributed by atoms with Crippen LogP contribution in [0.3, 0.4) is 0 Å². The fourth-order valence-electron chi connectivity index (χ4n) is 3.45. The van der Waals surface area contributed by atoms with Crippen LogP contribution in [0.4, 0.5) is 21.7 Å². The van der Waals surface area contributed by atoms with E-state index >= 15 is 0 Å². The molecule has 0 unspecified atom stereocenters. The largest absolute Gasteiger partial charge is 0.366 e. The monoisotopic (exact) mass is 357 g/mol. The maximum Gasteiger partial charge on any atom is 0.146 e. The minimum Gasteiger partial charge on any atom is -0.366 e. The van der Waals surface area contributed by atoms with Crippen molar-refractivity contribution in [3.63, 3.8) is 0 Å². The third kappa shape index (κ3) is 4.23. The summed E-state index contributed by atoms with van der Waals surface area (Å²) in [7, 11) is 0. The zero-order valence-electron chi connectivity index (χ0n) is 15.7. The van der Waals surface area contributed by atoms with E-state index < -0.39 is 0 Å². The van der Waals surface area contributed by atoms with Gasteiger partial charge in [-0.1, -0.05) is 26.0 Å². The molecule has 0 aliphatic carbocycles.